The fourth-order valence-corrected chi connectivity index (χ4v) is 3.40. The zero-order valence-electron chi connectivity index (χ0n) is 12.9. The lowest BCUT2D eigenvalue weighted by molar-refractivity contribution is 0.000194. The van der Waals surface area contributed by atoms with Crippen LogP contribution in [0, 0.1) is 0 Å². The van der Waals surface area contributed by atoms with Crippen molar-refractivity contribution in [3.05, 3.63) is 0 Å². The molecule has 1 N–H and O–H groups in total. The first-order chi connectivity index (χ1) is 9.87. The molecule has 2 rings (SSSR count). The Bertz CT molecular complexity index is 258. The summed E-state index contributed by atoms with van der Waals surface area (Å²) in [6, 6.07) is 0. The molecule has 5 nitrogen and oxygen atoms in total. The van der Waals surface area contributed by atoms with Crippen molar-refractivity contribution in [1.82, 2.24) is 10.2 Å². The Balaban J connectivity index is 1.56. The topological polar surface area (TPSA) is 43.0 Å². The van der Waals surface area contributed by atoms with E-state index in [1.165, 1.54) is 25.7 Å². The lowest BCUT2D eigenvalue weighted by atomic mass is 9.93. The van der Waals surface area contributed by atoms with Crippen molar-refractivity contribution < 1.29 is 14.2 Å². The van der Waals surface area contributed by atoms with Crippen LogP contribution in [0.5, 0.6) is 0 Å². The van der Waals surface area contributed by atoms with E-state index in [2.05, 4.69) is 10.2 Å². The smallest absolute Gasteiger partial charge is 0.0701 e. The second kappa shape index (κ2) is 8.95. The molecule has 0 aromatic rings. The first-order valence-corrected chi connectivity index (χ1v) is 7.98. The van der Waals surface area contributed by atoms with Gasteiger partial charge in [0, 0.05) is 38.8 Å². The van der Waals surface area contributed by atoms with E-state index < -0.39 is 0 Å². The van der Waals surface area contributed by atoms with Gasteiger partial charge in [0.2, 0.25) is 0 Å². The number of piperazine rings is 1. The van der Waals surface area contributed by atoms with Crippen LogP contribution in [-0.2, 0) is 14.2 Å². The van der Waals surface area contributed by atoms with E-state index in [0.29, 0.717) is 32.0 Å². The fraction of sp³-hybridized carbons (Fsp3) is 1.00. The highest BCUT2D eigenvalue weighted by atomic mass is 16.5. The van der Waals surface area contributed by atoms with Crippen molar-refractivity contribution in [3.8, 4) is 0 Å². The Hall–Kier alpha value is -0.200. The number of hydrogen-bond donors (Lipinski definition) is 1. The highest BCUT2D eigenvalue weighted by molar-refractivity contribution is 4.99. The monoisotopic (exact) mass is 286 g/mol. The molecular weight excluding hydrogens is 256 g/mol. The summed E-state index contributed by atoms with van der Waals surface area (Å²) in [5.74, 6) is 0. The average Bonchev–Trinajstić information content (AvgIpc) is 2.93. The van der Waals surface area contributed by atoms with Gasteiger partial charge >= 0.3 is 0 Å². The van der Waals surface area contributed by atoms with Crippen LogP contribution in [0.1, 0.15) is 25.7 Å². The molecule has 0 amide bonds. The van der Waals surface area contributed by atoms with Gasteiger partial charge < -0.3 is 19.5 Å². The molecule has 1 spiro atoms. The molecule has 0 aromatic heterocycles. The predicted molar refractivity (Wildman–Crippen MR) is 79.2 cm³/mol. The van der Waals surface area contributed by atoms with Gasteiger partial charge in [-0.05, 0) is 12.8 Å². The third-order valence-corrected chi connectivity index (χ3v) is 4.53. The van der Waals surface area contributed by atoms with E-state index in [4.69, 9.17) is 14.2 Å². The molecule has 0 aromatic carbocycles. The summed E-state index contributed by atoms with van der Waals surface area (Å²) in [4.78, 5) is 2.66. The van der Waals surface area contributed by atoms with Gasteiger partial charge in [-0.2, -0.15) is 0 Å². The van der Waals surface area contributed by atoms with Crippen molar-refractivity contribution in [3.63, 3.8) is 0 Å². The maximum atomic E-state index is 5.69. The van der Waals surface area contributed by atoms with Crippen LogP contribution in [0.4, 0.5) is 0 Å². The van der Waals surface area contributed by atoms with Gasteiger partial charge in [-0.1, -0.05) is 12.8 Å². The van der Waals surface area contributed by atoms with Crippen LogP contribution in [0.25, 0.3) is 0 Å². The molecule has 1 heterocycles. The first kappa shape index (κ1) is 16.2. The van der Waals surface area contributed by atoms with Gasteiger partial charge in [0.25, 0.3) is 0 Å². The normalized spacial score (nSPS) is 22.6. The maximum absolute atomic E-state index is 5.69. The number of hydrogen-bond acceptors (Lipinski definition) is 5. The quantitative estimate of drug-likeness (QED) is 0.638. The highest BCUT2D eigenvalue weighted by Crippen LogP contribution is 2.35. The molecule has 1 aliphatic heterocycles. The van der Waals surface area contributed by atoms with Crippen molar-refractivity contribution in [2.45, 2.75) is 31.2 Å². The van der Waals surface area contributed by atoms with E-state index in [1.54, 1.807) is 7.11 Å². The van der Waals surface area contributed by atoms with E-state index in [-0.39, 0.29) is 0 Å². The number of ether oxygens (including phenoxy) is 3. The number of nitrogens with one attached hydrogen (secondary N) is 1. The van der Waals surface area contributed by atoms with Crippen LogP contribution in [-0.4, -0.2) is 76.8 Å². The van der Waals surface area contributed by atoms with Crippen LogP contribution in [0.3, 0.4) is 0 Å². The van der Waals surface area contributed by atoms with Crippen molar-refractivity contribution in [2.24, 2.45) is 0 Å². The summed E-state index contributed by atoms with van der Waals surface area (Å²) >= 11 is 0. The van der Waals surface area contributed by atoms with E-state index in [1.807, 2.05) is 0 Å². The van der Waals surface area contributed by atoms with E-state index in [0.717, 1.165) is 32.8 Å². The lowest BCUT2D eigenvalue weighted by Crippen LogP contribution is -2.60. The molecule has 118 valence electrons. The highest BCUT2D eigenvalue weighted by Gasteiger charge is 2.40. The summed E-state index contributed by atoms with van der Waals surface area (Å²) in [5, 5.41) is 3.56. The molecule has 0 bridgehead atoms. The Labute approximate surface area is 122 Å². The van der Waals surface area contributed by atoms with Crippen molar-refractivity contribution in [2.75, 3.05) is 66.3 Å². The average molecular weight is 286 g/mol. The number of rotatable bonds is 9. The Morgan fingerprint density at radius 3 is 2.45 bits per heavy atom. The number of nitrogens with zero attached hydrogens (tertiary/aromatic N) is 1. The summed E-state index contributed by atoms with van der Waals surface area (Å²) in [5.41, 5.74) is 0.427. The molecule has 1 saturated heterocycles. The molecular formula is C15H30N2O3. The van der Waals surface area contributed by atoms with E-state index in [9.17, 15) is 0 Å². The van der Waals surface area contributed by atoms with Crippen LogP contribution < -0.4 is 5.32 Å². The zero-order valence-corrected chi connectivity index (χ0v) is 12.9. The minimum Gasteiger partial charge on any atom is -0.382 e. The Morgan fingerprint density at radius 2 is 1.70 bits per heavy atom. The predicted octanol–water partition coefficient (Wildman–Crippen LogP) is 0.884. The summed E-state index contributed by atoms with van der Waals surface area (Å²) in [7, 11) is 1.69. The molecule has 2 aliphatic rings. The SMILES string of the molecule is COCCOCCOCCN1CCNCC12CCCC2. The molecule has 20 heavy (non-hydrogen) atoms. The molecule has 5 heteroatoms. The second-order valence-corrected chi connectivity index (χ2v) is 5.81. The van der Waals surface area contributed by atoms with Crippen LogP contribution in [0.15, 0.2) is 0 Å². The van der Waals surface area contributed by atoms with Gasteiger partial charge in [0.15, 0.2) is 0 Å². The fourth-order valence-electron chi connectivity index (χ4n) is 3.40. The summed E-state index contributed by atoms with van der Waals surface area (Å²) in [6.45, 7) is 7.96. The minimum absolute atomic E-state index is 0.427. The largest absolute Gasteiger partial charge is 0.382 e. The molecule has 0 atom stereocenters. The van der Waals surface area contributed by atoms with Crippen LogP contribution in [0.2, 0.25) is 0 Å². The van der Waals surface area contributed by atoms with Gasteiger partial charge in [0.1, 0.15) is 0 Å². The van der Waals surface area contributed by atoms with Crippen molar-refractivity contribution >= 4 is 0 Å². The van der Waals surface area contributed by atoms with E-state index >= 15 is 0 Å². The lowest BCUT2D eigenvalue weighted by Gasteiger charge is -2.45. The first-order valence-electron chi connectivity index (χ1n) is 7.98. The standard InChI is InChI=1S/C15H30N2O3/c1-18-10-11-20-13-12-19-9-8-17-7-6-16-14-15(17)4-2-3-5-15/h16H,2-14H2,1H3. The molecule has 1 saturated carbocycles. The third kappa shape index (κ3) is 4.67. The van der Waals surface area contributed by atoms with Crippen LogP contribution >= 0.6 is 0 Å². The van der Waals surface area contributed by atoms with Gasteiger partial charge in [-0.25, -0.2) is 0 Å². The van der Waals surface area contributed by atoms with Gasteiger partial charge in [0.05, 0.1) is 33.0 Å². The summed E-state index contributed by atoms with van der Waals surface area (Å²) in [6.07, 6.45) is 5.46. The molecule has 0 unspecified atom stereocenters. The number of methoxy groups -OCH3 is 1. The maximum Gasteiger partial charge on any atom is 0.0701 e. The Kier molecular flexibility index (Phi) is 7.24. The van der Waals surface area contributed by atoms with Crippen molar-refractivity contribution in [1.29, 1.82) is 0 Å². The second-order valence-electron chi connectivity index (χ2n) is 5.81. The summed E-state index contributed by atoms with van der Waals surface area (Å²) < 4.78 is 16.0. The van der Waals surface area contributed by atoms with Gasteiger partial charge in [-0.15, -0.1) is 0 Å². The molecule has 2 fully saturated rings. The third-order valence-electron chi connectivity index (χ3n) is 4.53. The molecule has 1 aliphatic carbocycles. The minimum atomic E-state index is 0.427. The Morgan fingerprint density at radius 1 is 1.00 bits per heavy atom. The molecule has 0 radical (unpaired) electrons. The zero-order chi connectivity index (χ0) is 14.1. The van der Waals surface area contributed by atoms with Gasteiger partial charge in [-0.3, -0.25) is 4.90 Å².